The van der Waals surface area contributed by atoms with Crippen LogP contribution in [0.4, 0.5) is 5.69 Å². The van der Waals surface area contributed by atoms with Gasteiger partial charge < -0.3 is 19.7 Å². The number of anilines is 1. The van der Waals surface area contributed by atoms with E-state index in [0.29, 0.717) is 37.2 Å². The lowest BCUT2D eigenvalue weighted by molar-refractivity contribution is -0.127. The van der Waals surface area contributed by atoms with Crippen molar-refractivity contribution in [3.8, 4) is 11.5 Å². The number of nitrogens with one attached hydrogen (secondary N) is 1. The minimum Gasteiger partial charge on any atom is -0.486 e. The molecule has 3 rings (SSSR count). The third-order valence-corrected chi connectivity index (χ3v) is 4.70. The van der Waals surface area contributed by atoms with E-state index in [0.717, 1.165) is 5.69 Å². The number of nitrogens with zero attached hydrogens (tertiary/aromatic N) is 1. The van der Waals surface area contributed by atoms with Gasteiger partial charge in [0.15, 0.2) is 11.5 Å². The molecule has 2 aliphatic rings. The van der Waals surface area contributed by atoms with E-state index in [1.165, 1.54) is 0 Å². The van der Waals surface area contributed by atoms with Crippen molar-refractivity contribution in [1.82, 2.24) is 5.32 Å². The summed E-state index contributed by atoms with van der Waals surface area (Å²) in [7, 11) is 0. The van der Waals surface area contributed by atoms with Gasteiger partial charge in [-0.15, -0.1) is 0 Å². The summed E-state index contributed by atoms with van der Waals surface area (Å²) in [5.41, 5.74) is 0.747. The van der Waals surface area contributed by atoms with Crippen molar-refractivity contribution < 1.29 is 19.1 Å². The first-order valence-electron chi connectivity index (χ1n) is 8.46. The normalized spacial score (nSPS) is 21.1. The standard InChI is InChI=1S/C18H24N2O4/c1-11(2)12(3)19-18(22)13-8-17(21)20(10-13)14-4-5-15-16(9-14)24-7-6-23-15/h4-5,9,11-13H,6-8,10H2,1-3H3,(H,19,22)/t12-,13+/m0/s1. The van der Waals surface area contributed by atoms with Crippen LogP contribution in [0.3, 0.4) is 0 Å². The maximum absolute atomic E-state index is 12.4. The Labute approximate surface area is 142 Å². The molecule has 0 saturated carbocycles. The predicted octanol–water partition coefficient (Wildman–Crippen LogP) is 1.97. The van der Waals surface area contributed by atoms with Crippen molar-refractivity contribution in [2.24, 2.45) is 11.8 Å². The van der Waals surface area contributed by atoms with Gasteiger partial charge in [-0.05, 0) is 25.0 Å². The van der Waals surface area contributed by atoms with Crippen molar-refractivity contribution in [1.29, 1.82) is 0 Å². The van der Waals surface area contributed by atoms with Crippen LogP contribution in [-0.2, 0) is 9.59 Å². The molecular weight excluding hydrogens is 308 g/mol. The number of rotatable bonds is 4. The fourth-order valence-electron chi connectivity index (χ4n) is 2.84. The van der Waals surface area contributed by atoms with Crippen molar-refractivity contribution >= 4 is 17.5 Å². The van der Waals surface area contributed by atoms with Crippen LogP contribution < -0.4 is 19.7 Å². The Morgan fingerprint density at radius 3 is 2.62 bits per heavy atom. The lowest BCUT2D eigenvalue weighted by atomic mass is 10.0. The van der Waals surface area contributed by atoms with Gasteiger partial charge in [0.25, 0.3) is 0 Å². The van der Waals surface area contributed by atoms with Crippen LogP contribution in [0.5, 0.6) is 11.5 Å². The number of benzene rings is 1. The smallest absolute Gasteiger partial charge is 0.227 e. The maximum Gasteiger partial charge on any atom is 0.227 e. The lowest BCUT2D eigenvalue weighted by Gasteiger charge is -2.22. The number of fused-ring (bicyclic) bond motifs is 1. The summed E-state index contributed by atoms with van der Waals surface area (Å²) in [6, 6.07) is 5.55. The van der Waals surface area contributed by atoms with Gasteiger partial charge in [0.05, 0.1) is 5.92 Å². The SMILES string of the molecule is CC(C)[C@H](C)NC(=O)[C@@H]1CC(=O)N(c2ccc3c(c2)OCCO3)C1. The van der Waals surface area contributed by atoms with Crippen LogP contribution in [0, 0.1) is 11.8 Å². The zero-order valence-electron chi connectivity index (χ0n) is 14.4. The van der Waals surface area contributed by atoms with Crippen molar-refractivity contribution in [2.45, 2.75) is 33.2 Å². The Hall–Kier alpha value is -2.24. The van der Waals surface area contributed by atoms with Crippen LogP contribution in [0.25, 0.3) is 0 Å². The monoisotopic (exact) mass is 332 g/mol. The second-order valence-corrected chi connectivity index (χ2v) is 6.77. The second kappa shape index (κ2) is 6.71. The minimum absolute atomic E-state index is 0.0379. The maximum atomic E-state index is 12.4. The molecule has 1 N–H and O–H groups in total. The Morgan fingerprint density at radius 2 is 1.92 bits per heavy atom. The minimum atomic E-state index is -0.313. The molecule has 2 amide bonds. The summed E-state index contributed by atoms with van der Waals surface area (Å²) < 4.78 is 11.1. The molecule has 24 heavy (non-hydrogen) atoms. The molecule has 1 aromatic carbocycles. The third-order valence-electron chi connectivity index (χ3n) is 4.70. The molecule has 1 saturated heterocycles. The average Bonchev–Trinajstić information content (AvgIpc) is 2.96. The Morgan fingerprint density at radius 1 is 1.21 bits per heavy atom. The summed E-state index contributed by atoms with van der Waals surface area (Å²) in [5, 5.41) is 3.00. The molecule has 2 aliphatic heterocycles. The van der Waals surface area contributed by atoms with Gasteiger partial charge in [0, 0.05) is 30.8 Å². The quantitative estimate of drug-likeness (QED) is 0.915. The van der Waals surface area contributed by atoms with Gasteiger partial charge in [0.1, 0.15) is 13.2 Å². The highest BCUT2D eigenvalue weighted by Crippen LogP contribution is 2.36. The van der Waals surface area contributed by atoms with Crippen molar-refractivity contribution in [3.63, 3.8) is 0 Å². The number of carbonyl (C=O) groups excluding carboxylic acids is 2. The van der Waals surface area contributed by atoms with Crippen LogP contribution in [-0.4, -0.2) is 37.6 Å². The molecule has 1 fully saturated rings. The molecule has 0 aromatic heterocycles. The molecule has 0 bridgehead atoms. The van der Waals surface area contributed by atoms with Crippen LogP contribution in [0.2, 0.25) is 0 Å². The fourth-order valence-corrected chi connectivity index (χ4v) is 2.84. The first-order chi connectivity index (χ1) is 11.5. The molecule has 0 unspecified atom stereocenters. The Kier molecular flexibility index (Phi) is 4.64. The van der Waals surface area contributed by atoms with Gasteiger partial charge in [-0.2, -0.15) is 0 Å². The van der Waals surface area contributed by atoms with Gasteiger partial charge in [-0.1, -0.05) is 13.8 Å². The van der Waals surface area contributed by atoms with Crippen LogP contribution in [0.15, 0.2) is 18.2 Å². The average molecular weight is 332 g/mol. The predicted molar refractivity (Wildman–Crippen MR) is 90.3 cm³/mol. The highest BCUT2D eigenvalue weighted by Gasteiger charge is 2.36. The second-order valence-electron chi connectivity index (χ2n) is 6.77. The molecule has 0 radical (unpaired) electrons. The molecule has 2 heterocycles. The highest BCUT2D eigenvalue weighted by molar-refractivity contribution is 6.00. The molecule has 2 atom stereocenters. The van der Waals surface area contributed by atoms with E-state index >= 15 is 0 Å². The number of amides is 2. The van der Waals surface area contributed by atoms with E-state index in [9.17, 15) is 9.59 Å². The van der Waals surface area contributed by atoms with E-state index in [4.69, 9.17) is 9.47 Å². The number of ether oxygens (including phenoxy) is 2. The molecule has 6 heteroatoms. The lowest BCUT2D eigenvalue weighted by Crippen LogP contribution is -2.40. The largest absolute Gasteiger partial charge is 0.486 e. The Balaban J connectivity index is 1.70. The molecule has 6 nitrogen and oxygen atoms in total. The summed E-state index contributed by atoms with van der Waals surface area (Å²) in [6.45, 7) is 7.54. The first-order valence-corrected chi connectivity index (χ1v) is 8.46. The van der Waals surface area contributed by atoms with E-state index < -0.39 is 0 Å². The Bertz CT molecular complexity index is 644. The summed E-state index contributed by atoms with van der Waals surface area (Å²) in [4.78, 5) is 26.4. The van der Waals surface area contributed by atoms with Crippen molar-refractivity contribution in [2.75, 3.05) is 24.7 Å². The zero-order valence-corrected chi connectivity index (χ0v) is 14.4. The molecular formula is C18H24N2O4. The molecule has 0 spiro atoms. The summed E-state index contributed by atoms with van der Waals surface area (Å²) >= 11 is 0. The van der Waals surface area contributed by atoms with Gasteiger partial charge in [0.2, 0.25) is 11.8 Å². The number of hydrogen-bond donors (Lipinski definition) is 1. The van der Waals surface area contributed by atoms with E-state index in [1.54, 1.807) is 4.90 Å². The zero-order chi connectivity index (χ0) is 17.3. The van der Waals surface area contributed by atoms with E-state index in [1.807, 2.05) is 25.1 Å². The van der Waals surface area contributed by atoms with E-state index in [-0.39, 0.29) is 30.2 Å². The first kappa shape index (κ1) is 16.6. The van der Waals surface area contributed by atoms with Crippen LogP contribution in [0.1, 0.15) is 27.2 Å². The topological polar surface area (TPSA) is 67.9 Å². The molecule has 0 aliphatic carbocycles. The van der Waals surface area contributed by atoms with Gasteiger partial charge >= 0.3 is 0 Å². The van der Waals surface area contributed by atoms with E-state index in [2.05, 4.69) is 19.2 Å². The molecule has 1 aromatic rings. The number of carbonyl (C=O) groups is 2. The summed E-state index contributed by atoms with van der Waals surface area (Å²) in [6.07, 6.45) is 0.241. The molecule has 130 valence electrons. The van der Waals surface area contributed by atoms with Gasteiger partial charge in [-0.25, -0.2) is 0 Å². The number of hydrogen-bond acceptors (Lipinski definition) is 4. The fraction of sp³-hybridized carbons (Fsp3) is 0.556. The summed E-state index contributed by atoms with van der Waals surface area (Å²) in [5.74, 6) is 1.30. The third kappa shape index (κ3) is 3.32. The highest BCUT2D eigenvalue weighted by atomic mass is 16.6. The van der Waals surface area contributed by atoms with Gasteiger partial charge in [-0.3, -0.25) is 9.59 Å². The van der Waals surface area contributed by atoms with Crippen molar-refractivity contribution in [3.05, 3.63) is 18.2 Å². The van der Waals surface area contributed by atoms with Crippen LogP contribution >= 0.6 is 0 Å².